The van der Waals surface area contributed by atoms with Crippen molar-refractivity contribution in [2.24, 2.45) is 0 Å². The van der Waals surface area contributed by atoms with Crippen molar-refractivity contribution in [3.63, 3.8) is 0 Å². The smallest absolute Gasteiger partial charge is 0.195 e. The molecule has 0 amide bonds. The fourth-order valence-corrected chi connectivity index (χ4v) is 2.24. The summed E-state index contributed by atoms with van der Waals surface area (Å²) in [4.78, 5) is 0. The van der Waals surface area contributed by atoms with Gasteiger partial charge in [0.25, 0.3) is 0 Å². The van der Waals surface area contributed by atoms with Crippen LogP contribution < -0.4 is 0 Å². The first-order chi connectivity index (χ1) is 8.46. The van der Waals surface area contributed by atoms with Gasteiger partial charge >= 0.3 is 0 Å². The highest BCUT2D eigenvalue weighted by Gasteiger charge is 2.54. The highest BCUT2D eigenvalue weighted by molar-refractivity contribution is 4.97. The zero-order valence-electron chi connectivity index (χ0n) is 10.7. The number of ether oxygens (including phenoxy) is 1. The lowest BCUT2D eigenvalue weighted by molar-refractivity contribution is -0.242. The van der Waals surface area contributed by atoms with Crippen molar-refractivity contribution in [1.29, 1.82) is 0 Å². The minimum atomic E-state index is -1.84. The molecule has 6 nitrogen and oxygen atoms in total. The lowest BCUT2D eigenvalue weighted by Gasteiger charge is -2.26. The molecule has 1 heterocycles. The Morgan fingerprint density at radius 2 is 1.89 bits per heavy atom. The summed E-state index contributed by atoms with van der Waals surface area (Å²) in [5.74, 6) is -1.84. The van der Waals surface area contributed by atoms with E-state index in [1.165, 1.54) is 0 Å². The van der Waals surface area contributed by atoms with E-state index in [2.05, 4.69) is 6.92 Å². The summed E-state index contributed by atoms with van der Waals surface area (Å²) in [5, 5.41) is 47.8. The Labute approximate surface area is 107 Å². The van der Waals surface area contributed by atoms with Gasteiger partial charge in [0, 0.05) is 6.42 Å². The van der Waals surface area contributed by atoms with Crippen LogP contribution in [0.5, 0.6) is 0 Å². The Morgan fingerprint density at radius 1 is 1.22 bits per heavy atom. The number of rotatable bonds is 7. The van der Waals surface area contributed by atoms with E-state index >= 15 is 0 Å². The molecule has 0 aromatic heterocycles. The van der Waals surface area contributed by atoms with E-state index in [0.717, 1.165) is 19.3 Å². The molecular formula is C12H24O6. The van der Waals surface area contributed by atoms with Gasteiger partial charge in [-0.1, -0.05) is 26.2 Å². The van der Waals surface area contributed by atoms with Crippen LogP contribution in [0.25, 0.3) is 0 Å². The average molecular weight is 264 g/mol. The first-order valence-corrected chi connectivity index (χ1v) is 6.51. The van der Waals surface area contributed by atoms with Gasteiger partial charge in [0.05, 0.1) is 6.61 Å². The molecule has 0 unspecified atom stereocenters. The molecule has 0 saturated carbocycles. The van der Waals surface area contributed by atoms with E-state index in [1.807, 2.05) is 0 Å². The van der Waals surface area contributed by atoms with Gasteiger partial charge in [0.2, 0.25) is 0 Å². The van der Waals surface area contributed by atoms with E-state index in [0.29, 0.717) is 6.42 Å². The lowest BCUT2D eigenvalue weighted by Crippen LogP contribution is -2.43. The van der Waals surface area contributed by atoms with Crippen LogP contribution in [-0.2, 0) is 4.74 Å². The highest BCUT2D eigenvalue weighted by atomic mass is 16.7. The Balaban J connectivity index is 2.55. The Bertz CT molecular complexity index is 249. The van der Waals surface area contributed by atoms with Crippen molar-refractivity contribution >= 4 is 0 Å². The first kappa shape index (κ1) is 15.8. The number of hydrogen-bond donors (Lipinski definition) is 5. The van der Waals surface area contributed by atoms with E-state index in [-0.39, 0.29) is 6.42 Å². The molecule has 0 radical (unpaired) electrons. The maximum Gasteiger partial charge on any atom is 0.195 e. The van der Waals surface area contributed by atoms with Gasteiger partial charge in [-0.3, -0.25) is 0 Å². The van der Waals surface area contributed by atoms with Crippen molar-refractivity contribution in [2.75, 3.05) is 6.61 Å². The summed E-state index contributed by atoms with van der Waals surface area (Å²) in [5.41, 5.74) is 0. The molecule has 0 aromatic carbocycles. The van der Waals surface area contributed by atoms with Crippen LogP contribution in [0, 0.1) is 0 Å². The van der Waals surface area contributed by atoms with E-state index in [1.54, 1.807) is 0 Å². The molecule has 0 aliphatic carbocycles. The first-order valence-electron chi connectivity index (χ1n) is 6.51. The van der Waals surface area contributed by atoms with Crippen molar-refractivity contribution < 1.29 is 30.3 Å². The average Bonchev–Trinajstić information content (AvgIpc) is 2.59. The predicted molar refractivity (Wildman–Crippen MR) is 63.7 cm³/mol. The molecule has 1 aliphatic rings. The van der Waals surface area contributed by atoms with Gasteiger partial charge in [-0.25, -0.2) is 0 Å². The van der Waals surface area contributed by atoms with Crippen molar-refractivity contribution in [2.45, 2.75) is 69.2 Å². The predicted octanol–water partition coefficient (Wildman–Crippen LogP) is -0.881. The second-order valence-electron chi connectivity index (χ2n) is 4.92. The molecule has 6 heteroatoms. The van der Waals surface area contributed by atoms with Crippen LogP contribution in [0.2, 0.25) is 0 Å². The topological polar surface area (TPSA) is 110 Å². The third-order valence-electron chi connectivity index (χ3n) is 3.42. The molecule has 5 atom stereocenters. The molecule has 0 bridgehead atoms. The maximum atomic E-state index is 10.1. The van der Waals surface area contributed by atoms with Gasteiger partial charge in [-0.2, -0.15) is 0 Å². The number of hydrogen-bond acceptors (Lipinski definition) is 6. The van der Waals surface area contributed by atoms with Crippen LogP contribution in [0.15, 0.2) is 0 Å². The van der Waals surface area contributed by atoms with Gasteiger partial charge < -0.3 is 30.3 Å². The summed E-state index contributed by atoms with van der Waals surface area (Å²) in [6.07, 6.45) is -1.52. The van der Waals surface area contributed by atoms with Crippen LogP contribution in [0.4, 0.5) is 0 Å². The molecule has 1 aliphatic heterocycles. The van der Waals surface area contributed by atoms with Gasteiger partial charge in [0.1, 0.15) is 24.4 Å². The second kappa shape index (κ2) is 6.79. The normalized spacial score (nSPS) is 38.0. The molecule has 108 valence electrons. The monoisotopic (exact) mass is 264 g/mol. The highest BCUT2D eigenvalue weighted by Crippen LogP contribution is 2.34. The molecule has 0 aromatic rings. The fourth-order valence-electron chi connectivity index (χ4n) is 2.24. The maximum absolute atomic E-state index is 10.1. The molecule has 1 rings (SSSR count). The number of aliphatic hydroxyl groups excluding tert-OH is 4. The second-order valence-corrected chi connectivity index (χ2v) is 4.92. The van der Waals surface area contributed by atoms with Crippen molar-refractivity contribution in [3.8, 4) is 0 Å². The molecule has 1 saturated heterocycles. The summed E-state index contributed by atoms with van der Waals surface area (Å²) in [6.45, 7) is 1.47. The number of unbranched alkanes of at least 4 members (excludes halogenated alkanes) is 3. The Hall–Kier alpha value is -0.240. The van der Waals surface area contributed by atoms with Gasteiger partial charge in [0.15, 0.2) is 5.79 Å². The van der Waals surface area contributed by atoms with Crippen molar-refractivity contribution in [1.82, 2.24) is 0 Å². The SMILES string of the molecule is CCCCCC[C@]1(O)O[C@H]([C@H](O)CO)[C@H](O)[C@H]1O. The van der Waals surface area contributed by atoms with Crippen LogP contribution in [0.3, 0.4) is 0 Å². The van der Waals surface area contributed by atoms with Crippen LogP contribution in [-0.4, -0.2) is 62.3 Å². The Kier molecular flexibility index (Phi) is 5.97. The van der Waals surface area contributed by atoms with Gasteiger partial charge in [-0.05, 0) is 6.42 Å². The Morgan fingerprint density at radius 3 is 2.44 bits per heavy atom. The molecule has 5 N–H and O–H groups in total. The van der Waals surface area contributed by atoms with Crippen molar-refractivity contribution in [3.05, 3.63) is 0 Å². The standard InChI is InChI=1S/C12H24O6/c1-2-3-4-5-6-12(17)11(16)9(15)10(18-12)8(14)7-13/h8-11,13-17H,2-7H2,1H3/t8-,9+,10-,11-,12+/m1/s1. The van der Waals surface area contributed by atoms with E-state index < -0.39 is 36.8 Å². The zero-order valence-corrected chi connectivity index (χ0v) is 10.7. The quantitative estimate of drug-likeness (QED) is 0.382. The fraction of sp³-hybridized carbons (Fsp3) is 1.00. The molecular weight excluding hydrogens is 240 g/mol. The van der Waals surface area contributed by atoms with Crippen LogP contribution in [0.1, 0.15) is 39.0 Å². The molecule has 0 spiro atoms. The molecule has 1 fully saturated rings. The summed E-state index contributed by atoms with van der Waals surface area (Å²) >= 11 is 0. The zero-order chi connectivity index (χ0) is 13.8. The largest absolute Gasteiger partial charge is 0.394 e. The van der Waals surface area contributed by atoms with E-state index in [9.17, 15) is 20.4 Å². The lowest BCUT2D eigenvalue weighted by atomic mass is 9.98. The minimum absolute atomic E-state index is 0.194. The minimum Gasteiger partial charge on any atom is -0.394 e. The van der Waals surface area contributed by atoms with Gasteiger partial charge in [-0.15, -0.1) is 0 Å². The number of aliphatic hydroxyl groups is 5. The third-order valence-corrected chi connectivity index (χ3v) is 3.42. The van der Waals surface area contributed by atoms with E-state index in [4.69, 9.17) is 9.84 Å². The summed E-state index contributed by atoms with van der Waals surface area (Å²) < 4.78 is 5.15. The molecule has 18 heavy (non-hydrogen) atoms. The third kappa shape index (κ3) is 3.40. The summed E-state index contributed by atoms with van der Waals surface area (Å²) in [6, 6.07) is 0. The van der Waals surface area contributed by atoms with Crippen LogP contribution >= 0.6 is 0 Å². The summed E-state index contributed by atoms with van der Waals surface area (Å²) in [7, 11) is 0.